The highest BCUT2D eigenvalue weighted by Gasteiger charge is 2.49. The van der Waals surface area contributed by atoms with Crippen molar-refractivity contribution in [2.75, 3.05) is 44.8 Å². The zero-order valence-corrected chi connectivity index (χ0v) is 23.1. The number of ether oxygens (including phenoxy) is 1. The Morgan fingerprint density at radius 1 is 1.24 bits per heavy atom. The molecule has 3 aromatic rings. The molecule has 1 aliphatic carbocycles. The summed E-state index contributed by atoms with van der Waals surface area (Å²) in [5, 5.41) is 0.947. The quantitative estimate of drug-likeness (QED) is 0.434. The summed E-state index contributed by atoms with van der Waals surface area (Å²) in [6.07, 6.45) is 6.81. The maximum atomic E-state index is 13.2. The largest absolute Gasteiger partial charge is 0.448 e. The van der Waals surface area contributed by atoms with E-state index in [2.05, 4.69) is 26.6 Å². The van der Waals surface area contributed by atoms with Crippen molar-refractivity contribution < 1.29 is 17.6 Å². The fraction of sp³-hybridized carbons (Fsp3) is 0.615. The molecule has 3 fully saturated rings. The Labute approximate surface area is 222 Å². The van der Waals surface area contributed by atoms with E-state index < -0.39 is 10.0 Å². The Morgan fingerprint density at radius 3 is 2.78 bits per heavy atom. The second kappa shape index (κ2) is 9.92. The number of anilines is 1. The highest BCUT2D eigenvalue weighted by Crippen LogP contribution is 2.54. The van der Waals surface area contributed by atoms with Crippen molar-refractivity contribution >= 4 is 36.7 Å². The van der Waals surface area contributed by atoms with Crippen LogP contribution in [0.4, 0.5) is 5.13 Å². The maximum absolute atomic E-state index is 13.2. The lowest BCUT2D eigenvalue weighted by Crippen LogP contribution is -2.36. The van der Waals surface area contributed by atoms with Gasteiger partial charge in [-0.3, -0.25) is 4.90 Å². The molecular formula is C26H35N5O4S2. The van der Waals surface area contributed by atoms with Gasteiger partial charge in [0.15, 0.2) is 11.5 Å². The van der Waals surface area contributed by atoms with Crippen molar-refractivity contribution in [3.63, 3.8) is 0 Å². The van der Waals surface area contributed by atoms with Crippen LogP contribution >= 0.6 is 11.3 Å². The number of nitrogens with zero attached hydrogens (tertiary/aromatic N) is 4. The van der Waals surface area contributed by atoms with Crippen molar-refractivity contribution in [1.82, 2.24) is 19.6 Å². The monoisotopic (exact) mass is 545 g/mol. The van der Waals surface area contributed by atoms with Crippen LogP contribution < -0.4 is 9.62 Å². The van der Waals surface area contributed by atoms with Crippen molar-refractivity contribution in [3.8, 4) is 0 Å². The van der Waals surface area contributed by atoms with Crippen molar-refractivity contribution in [2.45, 2.75) is 56.5 Å². The van der Waals surface area contributed by atoms with Gasteiger partial charge in [0.05, 0.1) is 20.8 Å². The molecule has 2 aromatic heterocycles. The van der Waals surface area contributed by atoms with Gasteiger partial charge in [-0.25, -0.2) is 23.1 Å². The van der Waals surface area contributed by atoms with Crippen LogP contribution in [0.1, 0.15) is 43.6 Å². The normalized spacial score (nSPS) is 22.4. The van der Waals surface area contributed by atoms with Crippen LogP contribution in [0, 0.1) is 18.3 Å². The van der Waals surface area contributed by atoms with Gasteiger partial charge in [0.25, 0.3) is 0 Å². The summed E-state index contributed by atoms with van der Waals surface area (Å²) < 4.78 is 41.1. The molecule has 0 amide bonds. The summed E-state index contributed by atoms with van der Waals surface area (Å²) in [5.41, 5.74) is 1.93. The van der Waals surface area contributed by atoms with E-state index in [1.54, 1.807) is 23.5 Å². The Balaban J connectivity index is 1.11. The van der Waals surface area contributed by atoms with Crippen LogP contribution in [0.3, 0.4) is 0 Å². The fourth-order valence-electron chi connectivity index (χ4n) is 5.84. The lowest BCUT2D eigenvalue weighted by molar-refractivity contribution is 0.0418. The van der Waals surface area contributed by atoms with Crippen molar-refractivity contribution in [3.05, 3.63) is 36.0 Å². The predicted octanol–water partition coefficient (Wildman–Crippen LogP) is 3.79. The first kappa shape index (κ1) is 25.2. The molecule has 1 unspecified atom stereocenters. The highest BCUT2D eigenvalue weighted by atomic mass is 32.2. The zero-order valence-electron chi connectivity index (χ0n) is 21.5. The predicted molar refractivity (Wildman–Crippen MR) is 143 cm³/mol. The topological polar surface area (TPSA) is 101 Å². The lowest BCUT2D eigenvalue weighted by Gasteiger charge is -2.30. The standard InChI is InChI=1S/C26H35N5O4S2/c1-18-23(27-17-35-18)15-30(2)20-5-10-31(14-20)25-29-22-4-3-21(13-24(22)36-25)37(32,33)28-16-26(8-9-26)19-6-11-34-12-7-19/h3-4,13,17,19-20,28H,5-12,14-16H2,1-2H3. The molecule has 6 rings (SSSR count). The number of nitrogens with one attached hydrogen (secondary N) is 1. The second-order valence-corrected chi connectivity index (χ2v) is 13.6. The molecule has 0 radical (unpaired) electrons. The van der Waals surface area contributed by atoms with E-state index in [0.717, 1.165) is 91.8 Å². The number of rotatable bonds is 9. The van der Waals surface area contributed by atoms with E-state index in [-0.39, 0.29) is 5.41 Å². The molecule has 200 valence electrons. The van der Waals surface area contributed by atoms with Gasteiger partial charge in [-0.05, 0) is 75.6 Å². The molecule has 2 saturated heterocycles. The number of aryl methyl sites for hydroxylation is 1. The average molecular weight is 546 g/mol. The van der Waals surface area contributed by atoms with E-state index in [0.29, 0.717) is 23.4 Å². The Morgan fingerprint density at radius 2 is 2.05 bits per heavy atom. The summed E-state index contributed by atoms with van der Waals surface area (Å²) in [4.78, 5) is 14.1. The number of sulfonamides is 1. The number of fused-ring (bicyclic) bond motifs is 1. The minimum absolute atomic E-state index is 0.116. The Hall–Kier alpha value is -2.05. The summed E-state index contributed by atoms with van der Waals surface area (Å²) in [6, 6.07) is 5.69. The molecule has 1 N–H and O–H groups in total. The number of oxazole rings is 1. The molecule has 3 aliphatic rings. The van der Waals surface area contributed by atoms with Gasteiger partial charge < -0.3 is 14.1 Å². The van der Waals surface area contributed by atoms with Crippen LogP contribution in [0.25, 0.3) is 10.2 Å². The van der Waals surface area contributed by atoms with Crippen LogP contribution in [-0.2, 0) is 21.3 Å². The molecule has 4 heterocycles. The highest BCUT2D eigenvalue weighted by molar-refractivity contribution is 7.89. The number of likely N-dealkylation sites (N-methyl/N-ethyl adjacent to an activating group) is 1. The van der Waals surface area contributed by atoms with Gasteiger partial charge in [-0.1, -0.05) is 11.3 Å². The van der Waals surface area contributed by atoms with Gasteiger partial charge in [0.1, 0.15) is 5.76 Å². The third-order valence-electron chi connectivity index (χ3n) is 8.55. The molecule has 9 nitrogen and oxygen atoms in total. The number of benzene rings is 1. The zero-order chi connectivity index (χ0) is 25.6. The third-order valence-corrected chi connectivity index (χ3v) is 11.0. The average Bonchev–Trinajstić information content (AvgIpc) is 3.21. The van der Waals surface area contributed by atoms with E-state index in [9.17, 15) is 8.42 Å². The molecule has 2 aliphatic heterocycles. The minimum atomic E-state index is -3.58. The number of hydrogen-bond acceptors (Lipinski definition) is 9. The third kappa shape index (κ3) is 5.16. The van der Waals surface area contributed by atoms with Gasteiger partial charge in [-0.15, -0.1) is 0 Å². The first-order valence-electron chi connectivity index (χ1n) is 13.2. The van der Waals surface area contributed by atoms with Crippen molar-refractivity contribution in [1.29, 1.82) is 0 Å². The molecule has 1 atom stereocenters. The molecular weight excluding hydrogens is 510 g/mol. The number of aromatic nitrogens is 2. The van der Waals surface area contributed by atoms with Gasteiger partial charge in [0, 0.05) is 45.4 Å². The number of thiazole rings is 1. The molecule has 1 aromatic carbocycles. The first-order chi connectivity index (χ1) is 17.8. The minimum Gasteiger partial charge on any atom is -0.448 e. The molecule has 1 saturated carbocycles. The summed E-state index contributed by atoms with van der Waals surface area (Å²) in [6.45, 7) is 6.60. The summed E-state index contributed by atoms with van der Waals surface area (Å²) >= 11 is 1.57. The number of hydrogen-bond donors (Lipinski definition) is 1. The first-order valence-corrected chi connectivity index (χ1v) is 15.5. The van der Waals surface area contributed by atoms with E-state index in [1.807, 2.05) is 13.0 Å². The van der Waals surface area contributed by atoms with E-state index in [1.165, 1.54) is 6.39 Å². The van der Waals surface area contributed by atoms with Gasteiger partial charge in [0.2, 0.25) is 10.0 Å². The smallest absolute Gasteiger partial charge is 0.240 e. The van der Waals surface area contributed by atoms with Crippen LogP contribution in [0.15, 0.2) is 33.9 Å². The Bertz CT molecular complexity index is 1360. The van der Waals surface area contributed by atoms with Crippen LogP contribution in [-0.4, -0.2) is 69.2 Å². The molecule has 0 bridgehead atoms. The van der Waals surface area contributed by atoms with Crippen LogP contribution in [0.2, 0.25) is 0 Å². The SMILES string of the molecule is Cc1ocnc1CN(C)C1CCN(c2nc3ccc(S(=O)(=O)NCC4(C5CCOCC5)CC4)cc3s2)C1. The van der Waals surface area contributed by atoms with Crippen LogP contribution in [0.5, 0.6) is 0 Å². The summed E-state index contributed by atoms with van der Waals surface area (Å²) in [7, 11) is -1.45. The lowest BCUT2D eigenvalue weighted by atomic mass is 9.83. The fourth-order valence-corrected chi connectivity index (χ4v) is 8.12. The summed E-state index contributed by atoms with van der Waals surface area (Å²) in [5.74, 6) is 1.42. The van der Waals surface area contributed by atoms with E-state index >= 15 is 0 Å². The maximum Gasteiger partial charge on any atom is 0.240 e. The molecule has 11 heteroatoms. The van der Waals surface area contributed by atoms with Crippen molar-refractivity contribution in [2.24, 2.45) is 11.3 Å². The molecule has 0 spiro atoms. The Kier molecular flexibility index (Phi) is 6.77. The van der Waals surface area contributed by atoms with E-state index in [4.69, 9.17) is 14.1 Å². The van der Waals surface area contributed by atoms with Gasteiger partial charge >= 0.3 is 0 Å². The molecule has 37 heavy (non-hydrogen) atoms. The second-order valence-electron chi connectivity index (χ2n) is 10.9. The van der Waals surface area contributed by atoms with Gasteiger partial charge in [-0.2, -0.15) is 0 Å².